The van der Waals surface area contributed by atoms with E-state index in [-0.39, 0.29) is 16.2 Å². The van der Waals surface area contributed by atoms with Crippen molar-refractivity contribution < 1.29 is 9.53 Å². The largest absolute Gasteiger partial charge is 0.469 e. The van der Waals surface area contributed by atoms with Crippen LogP contribution in [-0.4, -0.2) is 17.9 Å². The number of halogens is 1. The molecule has 0 aromatic rings. The average Bonchev–Trinajstić information content (AvgIpc) is 2.65. The third kappa shape index (κ3) is 1.07. The highest BCUT2D eigenvalue weighted by Crippen LogP contribution is 2.52. The van der Waals surface area contributed by atoms with Gasteiger partial charge in [0.2, 0.25) is 0 Å². The monoisotopic (exact) mass is 206 g/mol. The van der Waals surface area contributed by atoms with Crippen LogP contribution in [0, 0.1) is 5.41 Å². The van der Waals surface area contributed by atoms with Crippen LogP contribution in [-0.2, 0) is 9.53 Å². The van der Waals surface area contributed by atoms with E-state index in [4.69, 9.17) is 0 Å². The van der Waals surface area contributed by atoms with E-state index in [1.165, 1.54) is 7.11 Å². The van der Waals surface area contributed by atoms with Gasteiger partial charge in [0, 0.05) is 4.83 Å². The summed E-state index contributed by atoms with van der Waals surface area (Å²) in [4.78, 5) is 11.3. The van der Waals surface area contributed by atoms with Gasteiger partial charge in [-0.1, -0.05) is 22.9 Å². The fourth-order valence-electron chi connectivity index (χ4n) is 1.10. The Morgan fingerprint density at radius 2 is 2.20 bits per heavy atom. The SMILES string of the molecule is COC(=O)C1(C(C)Br)CC1. The van der Waals surface area contributed by atoms with E-state index in [9.17, 15) is 4.79 Å². The molecule has 1 fully saturated rings. The van der Waals surface area contributed by atoms with Crippen LogP contribution in [0.15, 0.2) is 0 Å². The first-order chi connectivity index (χ1) is 4.63. The highest BCUT2D eigenvalue weighted by molar-refractivity contribution is 9.09. The molecule has 0 aromatic carbocycles. The summed E-state index contributed by atoms with van der Waals surface area (Å²) in [6.45, 7) is 1.99. The zero-order chi connectivity index (χ0) is 7.78. The van der Waals surface area contributed by atoms with Crippen LogP contribution in [0.3, 0.4) is 0 Å². The van der Waals surface area contributed by atoms with Crippen molar-refractivity contribution in [2.24, 2.45) is 5.41 Å². The predicted molar refractivity (Wildman–Crippen MR) is 42.1 cm³/mol. The van der Waals surface area contributed by atoms with E-state index in [1.54, 1.807) is 0 Å². The standard InChI is InChI=1S/C7H11BrO2/c1-5(8)7(3-4-7)6(9)10-2/h5H,3-4H2,1-2H3. The Bertz CT molecular complexity index is 150. The second-order valence-electron chi connectivity index (χ2n) is 2.76. The number of alkyl halides is 1. The minimum absolute atomic E-state index is 0.0723. The molecule has 1 saturated carbocycles. The topological polar surface area (TPSA) is 26.3 Å². The molecule has 0 radical (unpaired) electrons. The van der Waals surface area contributed by atoms with Gasteiger partial charge in [0.1, 0.15) is 0 Å². The average molecular weight is 207 g/mol. The van der Waals surface area contributed by atoms with Crippen molar-refractivity contribution in [1.82, 2.24) is 0 Å². The third-order valence-electron chi connectivity index (χ3n) is 2.14. The number of carbonyl (C=O) groups excluding carboxylic acids is 1. The van der Waals surface area contributed by atoms with E-state index in [0.29, 0.717) is 0 Å². The lowest BCUT2D eigenvalue weighted by atomic mass is 10.1. The molecule has 2 nitrogen and oxygen atoms in total. The molecule has 1 aliphatic rings. The summed E-state index contributed by atoms with van der Waals surface area (Å²) in [5.74, 6) is -0.0723. The first kappa shape index (κ1) is 8.05. The molecule has 0 N–H and O–H groups in total. The number of methoxy groups -OCH3 is 1. The van der Waals surface area contributed by atoms with Gasteiger partial charge in [0.15, 0.2) is 0 Å². The molecule has 10 heavy (non-hydrogen) atoms. The Balaban J connectivity index is 2.60. The fourth-order valence-corrected chi connectivity index (χ4v) is 1.75. The molecule has 3 heteroatoms. The molecule has 1 unspecified atom stereocenters. The molecule has 0 saturated heterocycles. The molecular formula is C7H11BrO2. The zero-order valence-corrected chi connectivity index (χ0v) is 7.77. The lowest BCUT2D eigenvalue weighted by molar-refractivity contribution is -0.146. The van der Waals surface area contributed by atoms with Crippen LogP contribution in [0.1, 0.15) is 19.8 Å². The summed E-state index contributed by atoms with van der Waals surface area (Å²) < 4.78 is 4.67. The predicted octanol–water partition coefficient (Wildman–Crippen LogP) is 1.72. The van der Waals surface area contributed by atoms with Crippen molar-refractivity contribution in [3.8, 4) is 0 Å². The van der Waals surface area contributed by atoms with Gasteiger partial charge in [-0.05, 0) is 12.8 Å². The first-order valence-corrected chi connectivity index (χ1v) is 4.27. The van der Waals surface area contributed by atoms with Crippen LogP contribution in [0.25, 0.3) is 0 Å². The lowest BCUT2D eigenvalue weighted by Gasteiger charge is -2.13. The van der Waals surface area contributed by atoms with Crippen molar-refractivity contribution in [2.45, 2.75) is 24.6 Å². The summed E-state index contributed by atoms with van der Waals surface area (Å²) in [5, 5.41) is 0. The first-order valence-electron chi connectivity index (χ1n) is 3.36. The number of hydrogen-bond donors (Lipinski definition) is 0. The van der Waals surface area contributed by atoms with E-state index < -0.39 is 0 Å². The third-order valence-corrected chi connectivity index (χ3v) is 3.02. The lowest BCUT2D eigenvalue weighted by Crippen LogP contribution is -2.24. The van der Waals surface area contributed by atoms with Gasteiger partial charge in [-0.2, -0.15) is 0 Å². The van der Waals surface area contributed by atoms with E-state index in [0.717, 1.165) is 12.8 Å². The van der Waals surface area contributed by atoms with Gasteiger partial charge in [0.05, 0.1) is 12.5 Å². The van der Waals surface area contributed by atoms with Gasteiger partial charge >= 0.3 is 5.97 Å². The van der Waals surface area contributed by atoms with Crippen molar-refractivity contribution in [1.29, 1.82) is 0 Å². The maximum atomic E-state index is 11.1. The maximum absolute atomic E-state index is 11.1. The fraction of sp³-hybridized carbons (Fsp3) is 0.857. The molecular weight excluding hydrogens is 196 g/mol. The van der Waals surface area contributed by atoms with Gasteiger partial charge in [-0.15, -0.1) is 0 Å². The quantitative estimate of drug-likeness (QED) is 0.509. The van der Waals surface area contributed by atoms with Crippen LogP contribution >= 0.6 is 15.9 Å². The Hall–Kier alpha value is -0.0500. The highest BCUT2D eigenvalue weighted by atomic mass is 79.9. The van der Waals surface area contributed by atoms with Crippen LogP contribution < -0.4 is 0 Å². The zero-order valence-electron chi connectivity index (χ0n) is 6.19. The van der Waals surface area contributed by atoms with Crippen molar-refractivity contribution in [2.75, 3.05) is 7.11 Å². The molecule has 0 heterocycles. The van der Waals surface area contributed by atoms with Crippen molar-refractivity contribution >= 4 is 21.9 Å². The molecule has 58 valence electrons. The molecule has 1 atom stereocenters. The van der Waals surface area contributed by atoms with Gasteiger partial charge in [-0.25, -0.2) is 0 Å². The number of rotatable bonds is 2. The smallest absolute Gasteiger partial charge is 0.312 e. The molecule has 0 bridgehead atoms. The summed E-state index contributed by atoms with van der Waals surface area (Å²) >= 11 is 3.40. The number of hydrogen-bond acceptors (Lipinski definition) is 2. The number of carbonyl (C=O) groups is 1. The van der Waals surface area contributed by atoms with Gasteiger partial charge < -0.3 is 4.74 Å². The second kappa shape index (κ2) is 2.53. The summed E-state index contributed by atoms with van der Waals surface area (Å²) in [6, 6.07) is 0. The van der Waals surface area contributed by atoms with Gasteiger partial charge in [0.25, 0.3) is 0 Å². The van der Waals surface area contributed by atoms with E-state index in [1.807, 2.05) is 6.92 Å². The van der Waals surface area contributed by atoms with Crippen molar-refractivity contribution in [3.63, 3.8) is 0 Å². The minimum Gasteiger partial charge on any atom is -0.469 e. The molecule has 0 aliphatic heterocycles. The Morgan fingerprint density at radius 1 is 1.70 bits per heavy atom. The van der Waals surface area contributed by atoms with Gasteiger partial charge in [-0.3, -0.25) is 4.79 Å². The van der Waals surface area contributed by atoms with E-state index >= 15 is 0 Å². The van der Waals surface area contributed by atoms with Crippen LogP contribution in [0.2, 0.25) is 0 Å². The second-order valence-corrected chi connectivity index (χ2v) is 4.14. The summed E-state index contributed by atoms with van der Waals surface area (Å²) in [6.07, 6.45) is 1.93. The summed E-state index contributed by atoms with van der Waals surface area (Å²) in [5.41, 5.74) is -0.186. The summed E-state index contributed by atoms with van der Waals surface area (Å²) in [7, 11) is 1.44. The normalized spacial score (nSPS) is 23.5. The van der Waals surface area contributed by atoms with Crippen LogP contribution in [0.5, 0.6) is 0 Å². The van der Waals surface area contributed by atoms with Crippen LogP contribution in [0.4, 0.5) is 0 Å². The minimum atomic E-state index is -0.186. The molecule has 0 aromatic heterocycles. The molecule has 0 amide bonds. The Morgan fingerprint density at radius 3 is 2.30 bits per heavy atom. The maximum Gasteiger partial charge on any atom is 0.312 e. The van der Waals surface area contributed by atoms with E-state index in [2.05, 4.69) is 20.7 Å². The molecule has 0 spiro atoms. The molecule has 1 rings (SSSR count). The number of ether oxygens (including phenoxy) is 1. The molecule has 1 aliphatic carbocycles. The number of esters is 1. The highest BCUT2D eigenvalue weighted by Gasteiger charge is 2.54. The Labute approximate surface area is 69.1 Å². The Kier molecular flexibility index (Phi) is 2.04. The van der Waals surface area contributed by atoms with Crippen molar-refractivity contribution in [3.05, 3.63) is 0 Å².